The number of nitrogens with zero attached hydrogens (tertiary/aromatic N) is 1. The fourth-order valence-corrected chi connectivity index (χ4v) is 3.79. The molecule has 136 valence electrons. The van der Waals surface area contributed by atoms with Gasteiger partial charge in [0.15, 0.2) is 0 Å². The third-order valence-corrected chi connectivity index (χ3v) is 5.71. The Labute approximate surface area is 153 Å². The van der Waals surface area contributed by atoms with Crippen molar-refractivity contribution in [1.29, 1.82) is 0 Å². The Bertz CT molecular complexity index is 999. The third kappa shape index (κ3) is 4.04. The Morgan fingerprint density at radius 1 is 0.962 bits per heavy atom. The largest absolute Gasteiger partial charge is 0.387 e. The maximum atomic E-state index is 12.5. The van der Waals surface area contributed by atoms with Crippen LogP contribution in [0.4, 0.5) is 5.69 Å². The normalized spacial score (nSPS) is 12.9. The molecule has 0 fully saturated rings. The molecule has 1 atom stereocenters. The molecular weight excluding hydrogens is 348 g/mol. The summed E-state index contributed by atoms with van der Waals surface area (Å²) in [5.74, 6) is 0. The Hall–Kier alpha value is -2.41. The molecule has 0 aliphatic heterocycles. The van der Waals surface area contributed by atoms with Crippen LogP contribution in [0.15, 0.2) is 71.6 Å². The summed E-state index contributed by atoms with van der Waals surface area (Å²) < 4.78 is 27.5. The molecule has 1 unspecified atom stereocenters. The zero-order chi connectivity index (χ0) is 18.7. The fraction of sp³-hybridized carbons (Fsp3) is 0.200. The fourth-order valence-electron chi connectivity index (χ4n) is 2.72. The summed E-state index contributed by atoms with van der Waals surface area (Å²) in [6.45, 7) is -0.0868. The van der Waals surface area contributed by atoms with Crippen molar-refractivity contribution in [3.63, 3.8) is 0 Å². The number of aliphatic hydroxyl groups is 1. The van der Waals surface area contributed by atoms with Crippen LogP contribution in [-0.4, -0.2) is 34.2 Å². The second kappa shape index (κ2) is 7.45. The molecule has 3 aromatic carbocycles. The van der Waals surface area contributed by atoms with Gasteiger partial charge in [-0.1, -0.05) is 42.5 Å². The second-order valence-electron chi connectivity index (χ2n) is 6.36. The van der Waals surface area contributed by atoms with Crippen LogP contribution >= 0.6 is 0 Å². The molecule has 6 heteroatoms. The highest BCUT2D eigenvalue weighted by Gasteiger charge is 2.17. The van der Waals surface area contributed by atoms with Crippen molar-refractivity contribution in [1.82, 2.24) is 4.72 Å². The van der Waals surface area contributed by atoms with Crippen molar-refractivity contribution in [2.75, 3.05) is 25.5 Å². The number of hydrogen-bond donors (Lipinski definition) is 2. The predicted octanol–water partition coefficient (Wildman–Crippen LogP) is 2.92. The van der Waals surface area contributed by atoms with E-state index in [0.717, 1.165) is 16.5 Å². The molecule has 5 nitrogen and oxygen atoms in total. The van der Waals surface area contributed by atoms with Gasteiger partial charge in [-0.05, 0) is 40.6 Å². The number of nitrogens with one attached hydrogen (secondary N) is 1. The SMILES string of the molecule is CN(C)c1ccc(C(O)CNS(=O)(=O)c2ccc3ccccc3c2)cc1. The summed E-state index contributed by atoms with van der Waals surface area (Å²) in [5.41, 5.74) is 1.68. The van der Waals surface area contributed by atoms with Crippen molar-refractivity contribution in [2.24, 2.45) is 0 Å². The van der Waals surface area contributed by atoms with Crippen LogP contribution in [0.1, 0.15) is 11.7 Å². The summed E-state index contributed by atoms with van der Waals surface area (Å²) in [5, 5.41) is 12.1. The van der Waals surface area contributed by atoms with Crippen LogP contribution in [0.2, 0.25) is 0 Å². The van der Waals surface area contributed by atoms with Crippen LogP contribution in [0.25, 0.3) is 10.8 Å². The van der Waals surface area contributed by atoms with E-state index in [-0.39, 0.29) is 11.4 Å². The van der Waals surface area contributed by atoms with Gasteiger partial charge in [-0.2, -0.15) is 0 Å². The second-order valence-corrected chi connectivity index (χ2v) is 8.13. The van der Waals surface area contributed by atoms with E-state index >= 15 is 0 Å². The summed E-state index contributed by atoms with van der Waals surface area (Å²) in [7, 11) is 0.173. The third-order valence-electron chi connectivity index (χ3n) is 4.29. The lowest BCUT2D eigenvalue weighted by Crippen LogP contribution is -2.28. The molecule has 2 N–H and O–H groups in total. The first-order valence-electron chi connectivity index (χ1n) is 8.31. The minimum Gasteiger partial charge on any atom is -0.387 e. The van der Waals surface area contributed by atoms with E-state index in [1.165, 1.54) is 0 Å². The molecule has 0 bridgehead atoms. The molecular formula is C20H22N2O3S. The van der Waals surface area contributed by atoms with Gasteiger partial charge in [0.2, 0.25) is 10.0 Å². The highest BCUT2D eigenvalue weighted by molar-refractivity contribution is 7.89. The molecule has 3 rings (SSSR count). The summed E-state index contributed by atoms with van der Waals surface area (Å²) in [6.07, 6.45) is -0.915. The molecule has 0 saturated carbocycles. The van der Waals surface area contributed by atoms with Crippen LogP contribution in [-0.2, 0) is 10.0 Å². The number of benzene rings is 3. The number of hydrogen-bond acceptors (Lipinski definition) is 4. The van der Waals surface area contributed by atoms with Crippen molar-refractivity contribution in [2.45, 2.75) is 11.0 Å². The highest BCUT2D eigenvalue weighted by Crippen LogP contribution is 2.20. The minimum atomic E-state index is -3.69. The van der Waals surface area contributed by atoms with Gasteiger partial charge in [0.25, 0.3) is 0 Å². The van der Waals surface area contributed by atoms with Crippen LogP contribution in [0, 0.1) is 0 Å². The molecule has 0 heterocycles. The summed E-state index contributed by atoms with van der Waals surface area (Å²) >= 11 is 0. The average molecular weight is 370 g/mol. The molecule has 0 saturated heterocycles. The Kier molecular flexibility index (Phi) is 5.27. The first kappa shape index (κ1) is 18.4. The van der Waals surface area contributed by atoms with Gasteiger partial charge in [-0.15, -0.1) is 0 Å². The maximum absolute atomic E-state index is 12.5. The van der Waals surface area contributed by atoms with Crippen LogP contribution < -0.4 is 9.62 Å². The minimum absolute atomic E-state index is 0.0868. The first-order chi connectivity index (χ1) is 12.4. The van der Waals surface area contributed by atoms with Crippen LogP contribution in [0.3, 0.4) is 0 Å². The number of rotatable bonds is 6. The molecule has 0 aliphatic rings. The van der Waals surface area contributed by atoms with Crippen molar-refractivity contribution < 1.29 is 13.5 Å². The van der Waals surface area contributed by atoms with E-state index < -0.39 is 16.1 Å². The number of sulfonamides is 1. The quantitative estimate of drug-likeness (QED) is 0.700. The standard InChI is InChI=1S/C20H22N2O3S/c1-22(2)18-10-7-16(8-11-18)20(23)14-21-26(24,25)19-12-9-15-5-3-4-6-17(15)13-19/h3-13,20-21,23H,14H2,1-2H3. The number of anilines is 1. The van der Waals surface area contributed by atoms with Crippen molar-refractivity contribution in [3.05, 3.63) is 72.3 Å². The van der Waals surface area contributed by atoms with E-state index in [4.69, 9.17) is 0 Å². The molecule has 26 heavy (non-hydrogen) atoms. The van der Waals surface area contributed by atoms with Gasteiger partial charge >= 0.3 is 0 Å². The zero-order valence-electron chi connectivity index (χ0n) is 14.8. The number of aliphatic hydroxyl groups excluding tert-OH is 1. The van der Waals surface area contributed by atoms with Crippen molar-refractivity contribution >= 4 is 26.5 Å². The van der Waals surface area contributed by atoms with Crippen LogP contribution in [0.5, 0.6) is 0 Å². The smallest absolute Gasteiger partial charge is 0.240 e. The summed E-state index contributed by atoms with van der Waals surface area (Å²) in [4.78, 5) is 2.14. The molecule has 0 radical (unpaired) electrons. The molecule has 0 aliphatic carbocycles. The van der Waals surface area contributed by atoms with Gasteiger partial charge < -0.3 is 10.0 Å². The lowest BCUT2D eigenvalue weighted by molar-refractivity contribution is 0.182. The molecule has 3 aromatic rings. The zero-order valence-corrected chi connectivity index (χ0v) is 15.6. The predicted molar refractivity (Wildman–Crippen MR) is 105 cm³/mol. The topological polar surface area (TPSA) is 69.6 Å². The molecule has 0 amide bonds. The van der Waals surface area contributed by atoms with Gasteiger partial charge in [0.05, 0.1) is 11.0 Å². The van der Waals surface area contributed by atoms with E-state index in [2.05, 4.69) is 4.72 Å². The Morgan fingerprint density at radius 3 is 2.27 bits per heavy atom. The van der Waals surface area contributed by atoms with E-state index in [1.807, 2.05) is 55.4 Å². The molecule has 0 aromatic heterocycles. The monoisotopic (exact) mass is 370 g/mol. The average Bonchev–Trinajstić information content (AvgIpc) is 2.65. The Balaban J connectivity index is 1.72. The maximum Gasteiger partial charge on any atom is 0.240 e. The highest BCUT2D eigenvalue weighted by atomic mass is 32.2. The Morgan fingerprint density at radius 2 is 1.62 bits per heavy atom. The van der Waals surface area contributed by atoms with Gasteiger partial charge in [0.1, 0.15) is 0 Å². The van der Waals surface area contributed by atoms with Gasteiger partial charge in [-0.3, -0.25) is 0 Å². The van der Waals surface area contributed by atoms with E-state index in [0.29, 0.717) is 5.56 Å². The molecule has 0 spiro atoms. The summed E-state index contributed by atoms with van der Waals surface area (Å²) in [6, 6.07) is 19.9. The van der Waals surface area contributed by atoms with E-state index in [1.54, 1.807) is 30.3 Å². The lowest BCUT2D eigenvalue weighted by Gasteiger charge is -2.16. The first-order valence-corrected chi connectivity index (χ1v) is 9.79. The lowest BCUT2D eigenvalue weighted by atomic mass is 10.1. The van der Waals surface area contributed by atoms with Crippen molar-refractivity contribution in [3.8, 4) is 0 Å². The van der Waals surface area contributed by atoms with Gasteiger partial charge in [0, 0.05) is 26.3 Å². The number of fused-ring (bicyclic) bond motifs is 1. The van der Waals surface area contributed by atoms with E-state index in [9.17, 15) is 13.5 Å². The van der Waals surface area contributed by atoms with Gasteiger partial charge in [-0.25, -0.2) is 13.1 Å².